The van der Waals surface area contributed by atoms with Crippen molar-refractivity contribution in [3.63, 3.8) is 0 Å². The van der Waals surface area contributed by atoms with Crippen molar-refractivity contribution in [2.75, 3.05) is 6.61 Å². The lowest BCUT2D eigenvalue weighted by atomic mass is 9.58. The first-order valence-corrected chi connectivity index (χ1v) is 10.0. The highest BCUT2D eigenvalue weighted by molar-refractivity contribution is 5.78. The normalized spacial score (nSPS) is 36.7. The van der Waals surface area contributed by atoms with Crippen molar-refractivity contribution in [3.05, 3.63) is 35.4 Å². The first kappa shape index (κ1) is 18.9. The van der Waals surface area contributed by atoms with Crippen LogP contribution < -0.4 is 5.32 Å². The Morgan fingerprint density at radius 2 is 2.00 bits per heavy atom. The van der Waals surface area contributed by atoms with E-state index in [0.29, 0.717) is 18.1 Å². The minimum atomic E-state index is -0.833. The summed E-state index contributed by atoms with van der Waals surface area (Å²) in [6.07, 6.45) is 2.73. The molecular formula is C22H29F2NO2. The van der Waals surface area contributed by atoms with Crippen LogP contribution in [-0.4, -0.2) is 18.6 Å². The number of hydrogen-bond donors (Lipinski definition) is 1. The molecule has 2 aliphatic carbocycles. The molecule has 5 atom stereocenters. The van der Waals surface area contributed by atoms with Crippen LogP contribution in [0.2, 0.25) is 0 Å². The van der Waals surface area contributed by atoms with Gasteiger partial charge < -0.3 is 10.1 Å². The number of nitrogens with one attached hydrogen (secondary N) is 1. The highest BCUT2D eigenvalue weighted by atomic mass is 19.2. The highest BCUT2D eigenvalue weighted by Crippen LogP contribution is 2.70. The van der Waals surface area contributed by atoms with Gasteiger partial charge in [-0.25, -0.2) is 8.78 Å². The van der Waals surface area contributed by atoms with Crippen LogP contribution in [0.3, 0.4) is 0 Å². The van der Waals surface area contributed by atoms with Crippen molar-refractivity contribution in [2.45, 2.75) is 59.1 Å². The Balaban J connectivity index is 1.69. The van der Waals surface area contributed by atoms with Crippen molar-refractivity contribution in [1.82, 2.24) is 5.32 Å². The van der Waals surface area contributed by atoms with Gasteiger partial charge in [0, 0.05) is 18.6 Å². The summed E-state index contributed by atoms with van der Waals surface area (Å²) < 4.78 is 33.3. The van der Waals surface area contributed by atoms with Crippen molar-refractivity contribution < 1.29 is 18.3 Å². The second kappa shape index (κ2) is 6.26. The molecule has 3 nitrogen and oxygen atoms in total. The standard InChI is InChI=1S/C22H29F2NO2/c1-12(2)19(26)25-20-21(3,4)14-10-15-18(27-8-7-22(15,20)11-14)13-5-6-16(23)17(24)9-13/h5-6,9,12,14-15,18,20H,7-8,10-11H2,1-4H3,(H,25,26)/t14-,15-,18-,20-,22-/m1/s1. The summed E-state index contributed by atoms with van der Waals surface area (Å²) in [5.74, 6) is -0.924. The molecule has 1 heterocycles. The first-order valence-electron chi connectivity index (χ1n) is 10.0. The van der Waals surface area contributed by atoms with E-state index >= 15 is 0 Å². The maximum Gasteiger partial charge on any atom is 0.222 e. The fourth-order valence-electron chi connectivity index (χ4n) is 6.12. The van der Waals surface area contributed by atoms with Gasteiger partial charge in [-0.05, 0) is 59.6 Å². The number of amides is 1. The van der Waals surface area contributed by atoms with Crippen LogP contribution in [0.15, 0.2) is 18.2 Å². The number of rotatable bonds is 3. The Labute approximate surface area is 159 Å². The monoisotopic (exact) mass is 377 g/mol. The van der Waals surface area contributed by atoms with Gasteiger partial charge in [0.05, 0.1) is 6.10 Å². The molecule has 1 aromatic rings. The van der Waals surface area contributed by atoms with E-state index in [4.69, 9.17) is 4.74 Å². The van der Waals surface area contributed by atoms with Gasteiger partial charge in [0.25, 0.3) is 0 Å². The molecule has 2 saturated carbocycles. The zero-order valence-corrected chi connectivity index (χ0v) is 16.5. The van der Waals surface area contributed by atoms with Gasteiger partial charge in [0.15, 0.2) is 11.6 Å². The van der Waals surface area contributed by atoms with E-state index in [1.54, 1.807) is 6.07 Å². The maximum atomic E-state index is 13.8. The predicted molar refractivity (Wildman–Crippen MR) is 98.9 cm³/mol. The van der Waals surface area contributed by atoms with E-state index in [0.717, 1.165) is 19.3 Å². The molecule has 0 unspecified atom stereocenters. The van der Waals surface area contributed by atoms with Crippen molar-refractivity contribution >= 4 is 5.91 Å². The summed E-state index contributed by atoms with van der Waals surface area (Å²) in [7, 11) is 0. The van der Waals surface area contributed by atoms with Crippen molar-refractivity contribution in [2.24, 2.45) is 28.6 Å². The Bertz CT molecular complexity index is 763. The fraction of sp³-hybridized carbons (Fsp3) is 0.682. The van der Waals surface area contributed by atoms with Crippen LogP contribution in [0, 0.1) is 40.2 Å². The van der Waals surface area contributed by atoms with E-state index in [-0.39, 0.29) is 40.7 Å². The number of carbonyl (C=O) groups excluding carboxylic acids is 1. The van der Waals surface area contributed by atoms with Crippen LogP contribution in [0.4, 0.5) is 8.78 Å². The number of carbonyl (C=O) groups is 1. The number of benzene rings is 1. The van der Waals surface area contributed by atoms with Crippen LogP contribution in [0.1, 0.15) is 58.6 Å². The summed E-state index contributed by atoms with van der Waals surface area (Å²) >= 11 is 0. The number of halogens is 2. The molecule has 4 rings (SSSR count). The van der Waals surface area contributed by atoms with E-state index in [2.05, 4.69) is 19.2 Å². The van der Waals surface area contributed by atoms with Crippen LogP contribution in [0.25, 0.3) is 0 Å². The van der Waals surface area contributed by atoms with Crippen molar-refractivity contribution in [1.29, 1.82) is 0 Å². The van der Waals surface area contributed by atoms with Crippen LogP contribution in [0.5, 0.6) is 0 Å². The third kappa shape index (κ3) is 2.72. The molecule has 1 saturated heterocycles. The summed E-state index contributed by atoms with van der Waals surface area (Å²) in [6, 6.07) is 4.18. The number of ether oxygens (including phenoxy) is 1. The van der Waals surface area contributed by atoms with Gasteiger partial charge >= 0.3 is 0 Å². The topological polar surface area (TPSA) is 38.3 Å². The molecule has 3 aliphatic rings. The molecule has 0 radical (unpaired) electrons. The largest absolute Gasteiger partial charge is 0.373 e. The van der Waals surface area contributed by atoms with Crippen LogP contribution >= 0.6 is 0 Å². The van der Waals surface area contributed by atoms with Crippen molar-refractivity contribution in [3.8, 4) is 0 Å². The minimum absolute atomic E-state index is 0.0248. The van der Waals surface area contributed by atoms with E-state index in [9.17, 15) is 13.6 Å². The molecule has 27 heavy (non-hydrogen) atoms. The highest BCUT2D eigenvalue weighted by Gasteiger charge is 2.68. The maximum absolute atomic E-state index is 13.8. The molecular weight excluding hydrogens is 348 g/mol. The molecule has 3 fully saturated rings. The summed E-state index contributed by atoms with van der Waals surface area (Å²) in [5.41, 5.74) is 0.695. The molecule has 148 valence electrons. The summed E-state index contributed by atoms with van der Waals surface area (Å²) in [5, 5.41) is 3.35. The van der Waals surface area contributed by atoms with Gasteiger partial charge in [0.2, 0.25) is 5.91 Å². The third-order valence-corrected chi connectivity index (χ3v) is 7.59. The van der Waals surface area contributed by atoms with Gasteiger partial charge in [-0.15, -0.1) is 0 Å². The second-order valence-electron chi connectivity index (χ2n) is 9.61. The molecule has 2 bridgehead atoms. The van der Waals surface area contributed by atoms with Gasteiger partial charge in [-0.1, -0.05) is 33.8 Å². The molecule has 1 aromatic carbocycles. The average Bonchev–Trinajstić information content (AvgIpc) is 3.10. The lowest BCUT2D eigenvalue weighted by Gasteiger charge is -2.53. The molecule has 0 aromatic heterocycles. The van der Waals surface area contributed by atoms with E-state index in [1.165, 1.54) is 12.1 Å². The quantitative estimate of drug-likeness (QED) is 0.835. The van der Waals surface area contributed by atoms with Crippen LogP contribution in [-0.2, 0) is 9.53 Å². The molecule has 5 heteroatoms. The molecule has 1 amide bonds. The SMILES string of the molecule is CC(C)C(=O)N[C@@H]1C(C)(C)[C@@H]2C[C@@H]3[C@@H](c4ccc(F)c(F)c4)OCC[C@@]31C2. The molecule has 1 spiro atoms. The van der Waals surface area contributed by atoms with Gasteiger partial charge in [-0.3, -0.25) is 4.79 Å². The van der Waals surface area contributed by atoms with Gasteiger partial charge in [0.1, 0.15) is 0 Å². The second-order valence-corrected chi connectivity index (χ2v) is 9.61. The Hall–Kier alpha value is -1.49. The first-order chi connectivity index (χ1) is 12.7. The molecule has 1 N–H and O–H groups in total. The predicted octanol–water partition coefficient (Wildman–Crippen LogP) is 4.62. The third-order valence-electron chi connectivity index (χ3n) is 7.59. The minimum Gasteiger partial charge on any atom is -0.373 e. The summed E-state index contributed by atoms with van der Waals surface area (Å²) in [6.45, 7) is 8.93. The Morgan fingerprint density at radius 1 is 1.26 bits per heavy atom. The van der Waals surface area contributed by atoms with E-state index in [1.807, 2.05) is 13.8 Å². The average molecular weight is 377 g/mol. The zero-order chi connectivity index (χ0) is 19.6. The van der Waals surface area contributed by atoms with E-state index < -0.39 is 11.6 Å². The summed E-state index contributed by atoms with van der Waals surface area (Å²) in [4.78, 5) is 12.5. The zero-order valence-electron chi connectivity index (χ0n) is 16.5. The lowest BCUT2D eigenvalue weighted by Crippen LogP contribution is -2.59. The number of fused-ring (bicyclic) bond motifs is 1. The fourth-order valence-corrected chi connectivity index (χ4v) is 6.12. The molecule has 1 aliphatic heterocycles. The van der Waals surface area contributed by atoms with Gasteiger partial charge in [-0.2, -0.15) is 0 Å². The Morgan fingerprint density at radius 3 is 2.67 bits per heavy atom. The Kier molecular flexibility index (Phi) is 4.37. The lowest BCUT2D eigenvalue weighted by molar-refractivity contribution is -0.139. The number of hydrogen-bond acceptors (Lipinski definition) is 2. The smallest absolute Gasteiger partial charge is 0.222 e.